The first-order chi connectivity index (χ1) is 11.0. The van der Waals surface area contributed by atoms with E-state index in [1.54, 1.807) is 0 Å². The van der Waals surface area contributed by atoms with Crippen molar-refractivity contribution in [1.29, 1.82) is 0 Å². The van der Waals surface area contributed by atoms with E-state index in [0.717, 1.165) is 31.0 Å². The number of hydrogen-bond donors (Lipinski definition) is 1. The van der Waals surface area contributed by atoms with Crippen LogP contribution < -0.4 is 0 Å². The number of carbonyl (C=O) groups excluding carboxylic acids is 1. The van der Waals surface area contributed by atoms with Crippen molar-refractivity contribution in [1.82, 2.24) is 24.6 Å². The van der Waals surface area contributed by atoms with Gasteiger partial charge < -0.3 is 14.6 Å². The van der Waals surface area contributed by atoms with Gasteiger partial charge in [0.25, 0.3) is 0 Å². The average molecular weight is 321 g/mol. The molecule has 3 heterocycles. The molecule has 23 heavy (non-hydrogen) atoms. The molecule has 2 aliphatic rings. The fourth-order valence-electron chi connectivity index (χ4n) is 3.79. The molecule has 0 radical (unpaired) electrons. The Morgan fingerprint density at radius 3 is 2.65 bits per heavy atom. The number of hydrogen-bond acceptors (Lipinski definition) is 5. The summed E-state index contributed by atoms with van der Waals surface area (Å²) >= 11 is 0. The predicted octanol–water partition coefficient (Wildman–Crippen LogP) is 0.794. The molecule has 2 atom stereocenters. The number of β-amino-alcohol motifs (C(OH)–C–C–N with tert-alkyl or cyclic N) is 1. The Balaban J connectivity index is 1.75. The Hall–Kier alpha value is -1.47. The van der Waals surface area contributed by atoms with Crippen LogP contribution in [0.1, 0.15) is 50.8 Å². The Labute approximate surface area is 137 Å². The predicted molar refractivity (Wildman–Crippen MR) is 85.5 cm³/mol. The molecule has 0 aromatic carbocycles. The lowest BCUT2D eigenvalue weighted by molar-refractivity contribution is -0.137. The summed E-state index contributed by atoms with van der Waals surface area (Å²) in [5, 5.41) is 18.5. The van der Waals surface area contributed by atoms with Gasteiger partial charge in [0.2, 0.25) is 5.91 Å². The van der Waals surface area contributed by atoms with E-state index in [1.165, 1.54) is 0 Å². The lowest BCUT2D eigenvalue weighted by atomic mass is 10.0. The van der Waals surface area contributed by atoms with Crippen LogP contribution >= 0.6 is 0 Å². The number of likely N-dealkylation sites (tertiary alicyclic amines) is 1. The van der Waals surface area contributed by atoms with Crippen molar-refractivity contribution in [3.63, 3.8) is 0 Å². The van der Waals surface area contributed by atoms with Crippen molar-refractivity contribution in [2.24, 2.45) is 5.92 Å². The fraction of sp³-hybridized carbons (Fsp3) is 0.812. The van der Waals surface area contributed by atoms with Gasteiger partial charge in [0.1, 0.15) is 0 Å². The molecule has 1 amide bonds. The van der Waals surface area contributed by atoms with Gasteiger partial charge >= 0.3 is 0 Å². The van der Waals surface area contributed by atoms with Crippen LogP contribution in [0.15, 0.2) is 0 Å². The molecule has 0 spiro atoms. The standard InChI is InChI=1S/C16H27N5O2/c1-4-11(5-2)16(23)20-6-7-21-14(10-20)17-18-15(21)13-8-12(22)9-19(13)3/h11-13,22H,4-10H2,1-3H3/t12-,13+/m1/s1. The summed E-state index contributed by atoms with van der Waals surface area (Å²) in [5.74, 6) is 2.13. The first-order valence-corrected chi connectivity index (χ1v) is 8.64. The van der Waals surface area contributed by atoms with Gasteiger partial charge in [0.05, 0.1) is 18.7 Å². The number of fused-ring (bicyclic) bond motifs is 1. The molecule has 7 nitrogen and oxygen atoms in total. The third-order valence-corrected chi connectivity index (χ3v) is 5.25. The van der Waals surface area contributed by atoms with Crippen molar-refractivity contribution in [2.75, 3.05) is 20.1 Å². The summed E-state index contributed by atoms with van der Waals surface area (Å²) in [4.78, 5) is 16.6. The van der Waals surface area contributed by atoms with E-state index in [-0.39, 0.29) is 24.0 Å². The third-order valence-electron chi connectivity index (χ3n) is 5.25. The van der Waals surface area contributed by atoms with E-state index >= 15 is 0 Å². The first-order valence-electron chi connectivity index (χ1n) is 8.64. The molecular formula is C16H27N5O2. The highest BCUT2D eigenvalue weighted by Crippen LogP contribution is 2.31. The zero-order valence-corrected chi connectivity index (χ0v) is 14.3. The molecule has 1 fully saturated rings. The molecule has 0 bridgehead atoms. The number of amides is 1. The number of rotatable bonds is 4. The normalized spacial score (nSPS) is 25.2. The maximum absolute atomic E-state index is 12.6. The highest BCUT2D eigenvalue weighted by Gasteiger charge is 2.35. The molecule has 0 saturated carbocycles. The Morgan fingerprint density at radius 1 is 1.30 bits per heavy atom. The van der Waals surface area contributed by atoms with E-state index in [2.05, 4.69) is 33.5 Å². The van der Waals surface area contributed by atoms with Gasteiger partial charge in [-0.1, -0.05) is 13.8 Å². The van der Waals surface area contributed by atoms with Crippen molar-refractivity contribution in [3.05, 3.63) is 11.6 Å². The lowest BCUT2D eigenvalue weighted by Gasteiger charge is -2.31. The van der Waals surface area contributed by atoms with Gasteiger partial charge in [0, 0.05) is 25.6 Å². The number of carbonyl (C=O) groups is 1. The second-order valence-corrected chi connectivity index (χ2v) is 6.74. The second-order valence-electron chi connectivity index (χ2n) is 6.74. The third kappa shape index (κ3) is 2.99. The summed E-state index contributed by atoms with van der Waals surface area (Å²) in [6, 6.07) is 0.118. The largest absolute Gasteiger partial charge is 0.392 e. The minimum atomic E-state index is -0.297. The van der Waals surface area contributed by atoms with E-state index in [4.69, 9.17) is 0 Å². The van der Waals surface area contributed by atoms with E-state index in [0.29, 0.717) is 26.1 Å². The van der Waals surface area contributed by atoms with Gasteiger partial charge in [-0.2, -0.15) is 0 Å². The molecule has 3 rings (SSSR count). The van der Waals surface area contributed by atoms with Gasteiger partial charge in [-0.25, -0.2) is 0 Å². The van der Waals surface area contributed by atoms with Crippen LogP contribution in [0.4, 0.5) is 0 Å². The fourth-order valence-corrected chi connectivity index (χ4v) is 3.79. The number of aromatic nitrogens is 3. The molecule has 1 aromatic rings. The Bertz CT molecular complexity index is 569. The average Bonchev–Trinajstić information content (AvgIpc) is 3.10. The lowest BCUT2D eigenvalue weighted by Crippen LogP contribution is -2.42. The molecule has 1 N–H and O–H groups in total. The van der Waals surface area contributed by atoms with Crippen LogP contribution in [0, 0.1) is 5.92 Å². The maximum Gasteiger partial charge on any atom is 0.226 e. The van der Waals surface area contributed by atoms with Crippen LogP contribution in [-0.2, 0) is 17.9 Å². The van der Waals surface area contributed by atoms with Gasteiger partial charge in [-0.05, 0) is 26.3 Å². The van der Waals surface area contributed by atoms with Crippen LogP contribution in [0.2, 0.25) is 0 Å². The summed E-state index contributed by atoms with van der Waals surface area (Å²) in [6.45, 7) is 6.81. The number of nitrogens with zero attached hydrogens (tertiary/aromatic N) is 5. The molecule has 1 aromatic heterocycles. The molecule has 0 aliphatic carbocycles. The van der Waals surface area contributed by atoms with Crippen LogP contribution in [0.25, 0.3) is 0 Å². The van der Waals surface area contributed by atoms with Crippen LogP contribution in [0.5, 0.6) is 0 Å². The Kier molecular flexibility index (Phi) is 4.68. The van der Waals surface area contributed by atoms with Crippen LogP contribution in [0.3, 0.4) is 0 Å². The first kappa shape index (κ1) is 16.4. The molecule has 128 valence electrons. The molecule has 2 aliphatic heterocycles. The van der Waals surface area contributed by atoms with Gasteiger partial charge in [-0.15, -0.1) is 10.2 Å². The molecule has 7 heteroatoms. The molecular weight excluding hydrogens is 294 g/mol. The monoisotopic (exact) mass is 321 g/mol. The summed E-state index contributed by atoms with van der Waals surface area (Å²) in [7, 11) is 2.01. The van der Waals surface area contributed by atoms with Crippen molar-refractivity contribution < 1.29 is 9.90 Å². The summed E-state index contributed by atoms with van der Waals surface area (Å²) < 4.78 is 2.13. The summed E-state index contributed by atoms with van der Waals surface area (Å²) in [6.07, 6.45) is 2.17. The minimum absolute atomic E-state index is 0.111. The van der Waals surface area contributed by atoms with E-state index < -0.39 is 0 Å². The molecule has 1 saturated heterocycles. The number of likely N-dealkylation sites (N-methyl/N-ethyl adjacent to an activating group) is 1. The van der Waals surface area contributed by atoms with Crippen molar-refractivity contribution >= 4 is 5.91 Å². The van der Waals surface area contributed by atoms with E-state index in [9.17, 15) is 9.90 Å². The maximum atomic E-state index is 12.6. The van der Waals surface area contributed by atoms with Crippen molar-refractivity contribution in [3.8, 4) is 0 Å². The van der Waals surface area contributed by atoms with Crippen LogP contribution in [-0.4, -0.2) is 61.8 Å². The summed E-state index contributed by atoms with van der Waals surface area (Å²) in [5.41, 5.74) is 0. The SMILES string of the molecule is CCC(CC)C(=O)N1CCn2c(nnc2[C@@H]2C[C@@H](O)CN2C)C1. The van der Waals surface area contributed by atoms with Crippen molar-refractivity contribution in [2.45, 2.75) is 58.3 Å². The van der Waals surface area contributed by atoms with Gasteiger partial charge in [-0.3, -0.25) is 9.69 Å². The second kappa shape index (κ2) is 6.57. The van der Waals surface area contributed by atoms with Gasteiger partial charge in [0.15, 0.2) is 11.6 Å². The highest BCUT2D eigenvalue weighted by molar-refractivity contribution is 5.78. The Morgan fingerprint density at radius 2 is 2.04 bits per heavy atom. The smallest absolute Gasteiger partial charge is 0.226 e. The zero-order chi connectivity index (χ0) is 16.6. The molecule has 0 unspecified atom stereocenters. The van der Waals surface area contributed by atoms with E-state index in [1.807, 2.05) is 11.9 Å². The topological polar surface area (TPSA) is 74.5 Å². The number of aliphatic hydroxyl groups excluding tert-OH is 1. The highest BCUT2D eigenvalue weighted by atomic mass is 16.3. The quantitative estimate of drug-likeness (QED) is 0.887. The number of aliphatic hydroxyl groups is 1. The zero-order valence-electron chi connectivity index (χ0n) is 14.3. The minimum Gasteiger partial charge on any atom is -0.392 e.